The third-order valence-corrected chi connectivity index (χ3v) is 4.11. The maximum absolute atomic E-state index is 12.4. The SMILES string of the molecule is FC(F)(F)CCN1CCC=C(c2n[nH]c3c(Cl)cccc23)C1. The first kappa shape index (κ1) is 15.4. The van der Waals surface area contributed by atoms with Crippen LogP contribution < -0.4 is 0 Å². The lowest BCUT2D eigenvalue weighted by molar-refractivity contribution is -0.137. The van der Waals surface area contributed by atoms with E-state index in [4.69, 9.17) is 11.6 Å². The van der Waals surface area contributed by atoms with Gasteiger partial charge in [-0.1, -0.05) is 29.8 Å². The number of hydrogen-bond acceptors (Lipinski definition) is 2. The Labute approximate surface area is 130 Å². The van der Waals surface area contributed by atoms with Gasteiger partial charge in [0.15, 0.2) is 0 Å². The van der Waals surface area contributed by atoms with E-state index in [2.05, 4.69) is 10.2 Å². The van der Waals surface area contributed by atoms with E-state index in [1.165, 1.54) is 0 Å². The summed E-state index contributed by atoms with van der Waals surface area (Å²) in [5.74, 6) is 0. The Morgan fingerprint density at radius 2 is 2.14 bits per heavy atom. The Balaban J connectivity index is 1.79. The molecular formula is C15H15ClF3N3. The number of nitrogens with one attached hydrogen (secondary N) is 1. The van der Waals surface area contributed by atoms with Gasteiger partial charge in [0.05, 0.1) is 22.7 Å². The molecule has 1 aliphatic heterocycles. The molecule has 2 aromatic rings. The van der Waals surface area contributed by atoms with E-state index in [-0.39, 0.29) is 6.54 Å². The fraction of sp³-hybridized carbons (Fsp3) is 0.400. The summed E-state index contributed by atoms with van der Waals surface area (Å²) in [6.45, 7) is 1.13. The molecule has 0 saturated heterocycles. The van der Waals surface area contributed by atoms with Crippen molar-refractivity contribution in [2.75, 3.05) is 19.6 Å². The zero-order valence-corrected chi connectivity index (χ0v) is 12.5. The highest BCUT2D eigenvalue weighted by Gasteiger charge is 2.28. The molecule has 0 aliphatic carbocycles. The number of hydrogen-bond donors (Lipinski definition) is 1. The zero-order chi connectivity index (χ0) is 15.7. The Kier molecular flexibility index (Phi) is 4.14. The van der Waals surface area contributed by atoms with Crippen LogP contribution in [0.5, 0.6) is 0 Å². The monoisotopic (exact) mass is 329 g/mol. The van der Waals surface area contributed by atoms with Crippen molar-refractivity contribution in [3.63, 3.8) is 0 Å². The van der Waals surface area contributed by atoms with Gasteiger partial charge in [-0.2, -0.15) is 18.3 Å². The number of rotatable bonds is 3. The number of nitrogens with zero attached hydrogens (tertiary/aromatic N) is 2. The molecule has 0 radical (unpaired) electrons. The van der Waals surface area contributed by atoms with Gasteiger partial charge in [-0.3, -0.25) is 10.00 Å². The number of fused-ring (bicyclic) bond motifs is 1. The lowest BCUT2D eigenvalue weighted by Gasteiger charge is -2.27. The summed E-state index contributed by atoms with van der Waals surface area (Å²) in [5, 5.41) is 8.68. The van der Waals surface area contributed by atoms with E-state index in [1.54, 1.807) is 6.07 Å². The molecule has 0 bridgehead atoms. The third-order valence-electron chi connectivity index (χ3n) is 3.79. The summed E-state index contributed by atoms with van der Waals surface area (Å²) < 4.78 is 37.1. The molecule has 7 heteroatoms. The molecule has 2 heterocycles. The first-order valence-corrected chi connectivity index (χ1v) is 7.43. The Hall–Kier alpha value is -1.53. The van der Waals surface area contributed by atoms with Gasteiger partial charge < -0.3 is 0 Å². The Morgan fingerprint density at radius 3 is 2.91 bits per heavy atom. The van der Waals surface area contributed by atoms with Crippen molar-refractivity contribution in [3.05, 3.63) is 35.0 Å². The number of alkyl halides is 3. The average Bonchev–Trinajstić information content (AvgIpc) is 2.90. The summed E-state index contributed by atoms with van der Waals surface area (Å²) in [4.78, 5) is 1.81. The highest BCUT2D eigenvalue weighted by Crippen LogP contribution is 2.30. The number of aromatic nitrogens is 2. The lowest BCUT2D eigenvalue weighted by Crippen LogP contribution is -2.32. The number of H-pyrrole nitrogens is 1. The van der Waals surface area contributed by atoms with Gasteiger partial charge in [0.1, 0.15) is 0 Å². The lowest BCUT2D eigenvalue weighted by atomic mass is 10.0. The van der Waals surface area contributed by atoms with Crippen LogP contribution in [0.2, 0.25) is 5.02 Å². The summed E-state index contributed by atoms with van der Waals surface area (Å²) >= 11 is 6.11. The second-order valence-corrected chi connectivity index (χ2v) is 5.80. The van der Waals surface area contributed by atoms with Crippen molar-refractivity contribution in [3.8, 4) is 0 Å². The number of halogens is 4. The summed E-state index contributed by atoms with van der Waals surface area (Å²) in [7, 11) is 0. The fourth-order valence-corrected chi connectivity index (χ4v) is 2.92. The van der Waals surface area contributed by atoms with Crippen molar-refractivity contribution in [2.24, 2.45) is 0 Å². The molecule has 1 aliphatic rings. The minimum atomic E-state index is -4.12. The van der Waals surface area contributed by atoms with Gasteiger partial charge >= 0.3 is 6.18 Å². The second-order valence-electron chi connectivity index (χ2n) is 5.39. The zero-order valence-electron chi connectivity index (χ0n) is 11.8. The standard InChI is InChI=1S/C15H15ClF3N3/c16-12-5-1-4-11-13(20-21-14(11)12)10-3-2-7-22(9-10)8-6-15(17,18)19/h1,3-5H,2,6-9H2,(H,20,21). The van der Waals surface area contributed by atoms with Crippen LogP contribution in [0.3, 0.4) is 0 Å². The Morgan fingerprint density at radius 1 is 1.32 bits per heavy atom. The highest BCUT2D eigenvalue weighted by molar-refractivity contribution is 6.35. The van der Waals surface area contributed by atoms with Crippen molar-refractivity contribution in [2.45, 2.75) is 19.0 Å². The summed E-state index contributed by atoms with van der Waals surface area (Å²) in [6.07, 6.45) is -2.13. The maximum Gasteiger partial charge on any atom is 0.390 e. The van der Waals surface area contributed by atoms with Gasteiger partial charge in [0.25, 0.3) is 0 Å². The number of aromatic amines is 1. The van der Waals surface area contributed by atoms with Gasteiger partial charge in [-0.25, -0.2) is 0 Å². The minimum absolute atomic E-state index is 0.0178. The van der Waals surface area contributed by atoms with Crippen LogP contribution in [0, 0.1) is 0 Å². The fourth-order valence-electron chi connectivity index (χ4n) is 2.71. The molecule has 0 atom stereocenters. The van der Waals surface area contributed by atoms with Gasteiger partial charge in [0, 0.05) is 25.0 Å². The van der Waals surface area contributed by atoms with Crippen LogP contribution in [0.25, 0.3) is 16.5 Å². The quantitative estimate of drug-likeness (QED) is 0.912. The molecule has 22 heavy (non-hydrogen) atoms. The average molecular weight is 330 g/mol. The van der Waals surface area contributed by atoms with Crippen LogP contribution in [-0.4, -0.2) is 40.9 Å². The van der Waals surface area contributed by atoms with Crippen molar-refractivity contribution in [1.82, 2.24) is 15.1 Å². The van der Waals surface area contributed by atoms with Crippen molar-refractivity contribution in [1.29, 1.82) is 0 Å². The Bertz CT molecular complexity index is 706. The summed E-state index contributed by atoms with van der Waals surface area (Å²) in [6, 6.07) is 5.53. The minimum Gasteiger partial charge on any atom is -0.298 e. The van der Waals surface area contributed by atoms with Crippen LogP contribution in [0.4, 0.5) is 13.2 Å². The highest BCUT2D eigenvalue weighted by atomic mass is 35.5. The number of benzene rings is 1. The van der Waals surface area contributed by atoms with Crippen molar-refractivity contribution < 1.29 is 13.2 Å². The topological polar surface area (TPSA) is 31.9 Å². The van der Waals surface area contributed by atoms with Crippen LogP contribution in [0.15, 0.2) is 24.3 Å². The number of para-hydroxylation sites is 1. The first-order chi connectivity index (χ1) is 10.4. The molecule has 1 aromatic carbocycles. The van der Waals surface area contributed by atoms with E-state index in [9.17, 15) is 13.2 Å². The summed E-state index contributed by atoms with van der Waals surface area (Å²) in [5.41, 5.74) is 2.48. The smallest absolute Gasteiger partial charge is 0.298 e. The molecule has 0 saturated carbocycles. The van der Waals surface area contributed by atoms with Gasteiger partial charge in [0.2, 0.25) is 0 Å². The molecule has 0 fully saturated rings. The van der Waals surface area contributed by atoms with E-state index in [1.807, 2.05) is 23.1 Å². The molecular weight excluding hydrogens is 315 g/mol. The van der Waals surface area contributed by atoms with E-state index in [0.717, 1.165) is 28.6 Å². The second kappa shape index (κ2) is 5.93. The van der Waals surface area contributed by atoms with E-state index < -0.39 is 12.6 Å². The van der Waals surface area contributed by atoms with E-state index in [0.29, 0.717) is 18.1 Å². The van der Waals surface area contributed by atoms with Gasteiger partial charge in [-0.15, -0.1) is 0 Å². The molecule has 1 N–H and O–H groups in total. The molecule has 0 amide bonds. The molecule has 0 spiro atoms. The van der Waals surface area contributed by atoms with Crippen molar-refractivity contribution >= 4 is 28.1 Å². The normalized spacial score (nSPS) is 17.0. The predicted molar refractivity (Wildman–Crippen MR) is 80.8 cm³/mol. The molecule has 1 aromatic heterocycles. The van der Waals surface area contributed by atoms with Gasteiger partial charge in [-0.05, 0) is 18.1 Å². The molecule has 3 nitrogen and oxygen atoms in total. The van der Waals surface area contributed by atoms with Crippen LogP contribution in [-0.2, 0) is 0 Å². The van der Waals surface area contributed by atoms with E-state index >= 15 is 0 Å². The maximum atomic E-state index is 12.4. The largest absolute Gasteiger partial charge is 0.390 e. The predicted octanol–water partition coefficient (Wildman–Crippen LogP) is 4.26. The third kappa shape index (κ3) is 3.28. The van der Waals surface area contributed by atoms with Crippen LogP contribution >= 0.6 is 11.6 Å². The van der Waals surface area contributed by atoms with Crippen LogP contribution in [0.1, 0.15) is 18.5 Å². The molecule has 118 valence electrons. The molecule has 3 rings (SSSR count). The first-order valence-electron chi connectivity index (χ1n) is 7.05. The molecule has 0 unspecified atom stereocenters.